The lowest BCUT2D eigenvalue weighted by Crippen LogP contribution is -2.41. The van der Waals surface area contributed by atoms with Gasteiger partial charge in [-0.3, -0.25) is 4.79 Å². The van der Waals surface area contributed by atoms with E-state index in [4.69, 9.17) is 15.2 Å². The fourth-order valence-electron chi connectivity index (χ4n) is 6.63. The molecule has 0 bridgehead atoms. The van der Waals surface area contributed by atoms with Gasteiger partial charge in [-0.1, -0.05) is 30.3 Å². The van der Waals surface area contributed by atoms with E-state index in [-0.39, 0.29) is 34.8 Å². The molecule has 2 aromatic carbocycles. The van der Waals surface area contributed by atoms with Crippen LogP contribution in [0.5, 0.6) is 5.88 Å². The Kier molecular flexibility index (Phi) is 8.11. The molecule has 2 aliphatic rings. The number of hydrogen-bond acceptors (Lipinski definition) is 8. The minimum Gasteiger partial charge on any atom is -0.465 e. The maximum absolute atomic E-state index is 14.3. The van der Waals surface area contributed by atoms with Gasteiger partial charge in [-0.05, 0) is 67.3 Å². The molecule has 0 saturated carbocycles. The van der Waals surface area contributed by atoms with Crippen LogP contribution in [0.25, 0.3) is 22.0 Å². The van der Waals surface area contributed by atoms with E-state index in [0.29, 0.717) is 38.5 Å². The van der Waals surface area contributed by atoms with Crippen LogP contribution in [0, 0.1) is 12.3 Å². The Hall–Kier alpha value is -4.32. The zero-order chi connectivity index (χ0) is 31.9. The normalized spacial score (nSPS) is 18.8. The second kappa shape index (κ2) is 11.9. The Morgan fingerprint density at radius 3 is 2.51 bits per heavy atom. The van der Waals surface area contributed by atoms with Crippen LogP contribution in [0.3, 0.4) is 0 Å². The average molecular weight is 623 g/mol. The van der Waals surface area contributed by atoms with Gasteiger partial charge in [0, 0.05) is 55.4 Å². The highest BCUT2D eigenvalue weighted by Gasteiger charge is 2.45. The number of anilines is 2. The van der Waals surface area contributed by atoms with Gasteiger partial charge in [0.15, 0.2) is 0 Å². The van der Waals surface area contributed by atoms with Gasteiger partial charge in [0.25, 0.3) is 0 Å². The van der Waals surface area contributed by atoms with Gasteiger partial charge in [-0.15, -0.1) is 0 Å². The number of fused-ring (bicyclic) bond motifs is 1. The van der Waals surface area contributed by atoms with E-state index in [1.165, 1.54) is 18.2 Å². The molecule has 2 saturated heterocycles. The quantitative estimate of drug-likeness (QED) is 0.252. The van der Waals surface area contributed by atoms with Crippen molar-refractivity contribution >= 4 is 28.6 Å². The van der Waals surface area contributed by atoms with Crippen molar-refractivity contribution in [2.45, 2.75) is 51.4 Å². The van der Waals surface area contributed by atoms with Crippen LogP contribution in [-0.4, -0.2) is 59.0 Å². The first-order valence-electron chi connectivity index (χ1n) is 15.1. The van der Waals surface area contributed by atoms with E-state index in [9.17, 15) is 18.0 Å². The molecule has 2 fully saturated rings. The molecule has 0 radical (unpaired) electrons. The maximum atomic E-state index is 14.3. The van der Waals surface area contributed by atoms with E-state index in [1.807, 2.05) is 47.8 Å². The van der Waals surface area contributed by atoms with Gasteiger partial charge in [0.2, 0.25) is 17.9 Å². The number of nitrogens with two attached hydrogens (primary N) is 1. The summed E-state index contributed by atoms with van der Waals surface area (Å²) >= 11 is 0. The number of piperidine rings is 1. The van der Waals surface area contributed by atoms with Crippen molar-refractivity contribution in [2.75, 3.05) is 36.9 Å². The number of alkyl halides is 3. The Balaban J connectivity index is 1.17. The fourth-order valence-corrected chi connectivity index (χ4v) is 6.63. The highest BCUT2D eigenvalue weighted by molar-refractivity contribution is 5.88. The molecule has 4 aromatic rings. The minimum absolute atomic E-state index is 0.0493. The number of benzene rings is 2. The Morgan fingerprint density at radius 1 is 1.11 bits per heavy atom. The van der Waals surface area contributed by atoms with Crippen LogP contribution >= 0.6 is 0 Å². The summed E-state index contributed by atoms with van der Waals surface area (Å²) in [4.78, 5) is 22.5. The molecule has 4 heterocycles. The highest BCUT2D eigenvalue weighted by atomic mass is 19.4. The van der Waals surface area contributed by atoms with Gasteiger partial charge in [0.05, 0.1) is 6.61 Å². The van der Waals surface area contributed by atoms with Crippen molar-refractivity contribution in [3.05, 3.63) is 65.9 Å². The van der Waals surface area contributed by atoms with Gasteiger partial charge < -0.3 is 30.0 Å². The lowest BCUT2D eigenvalue weighted by molar-refractivity contribution is -0.198. The van der Waals surface area contributed by atoms with Crippen molar-refractivity contribution in [2.24, 2.45) is 12.5 Å². The molecule has 9 nitrogen and oxygen atoms in total. The van der Waals surface area contributed by atoms with Crippen molar-refractivity contribution in [1.82, 2.24) is 19.9 Å². The number of aromatic nitrogens is 3. The number of halogens is 3. The molecule has 238 valence electrons. The number of nitrogens with zero attached hydrogens (tertiary/aromatic N) is 4. The molecule has 0 amide bonds. The fraction of sp³-hybridized carbons (Fsp3) is 0.424. The SMILES string of the molecule is CCOC(=O)C1CC2(CCN(c3cc(O[C@H](c4ccc(-c5ccc6c(c5)c(C)cn6C)cc4)C(F)(F)F)nc(N)n3)CC2)CN1. The molecule has 2 aromatic heterocycles. The van der Waals surface area contributed by atoms with Crippen LogP contribution in [0.2, 0.25) is 0 Å². The number of carbonyl (C=O) groups is 1. The number of hydrogen-bond donors (Lipinski definition) is 2. The average Bonchev–Trinajstić information content (AvgIpc) is 3.55. The molecular weight excluding hydrogens is 585 g/mol. The molecule has 2 atom stereocenters. The number of ether oxygens (including phenoxy) is 2. The van der Waals surface area contributed by atoms with Crippen molar-refractivity contribution in [3.63, 3.8) is 0 Å². The van der Waals surface area contributed by atoms with Gasteiger partial charge in [-0.2, -0.15) is 23.1 Å². The maximum Gasteiger partial charge on any atom is 0.429 e. The van der Waals surface area contributed by atoms with E-state index in [1.54, 1.807) is 19.1 Å². The summed E-state index contributed by atoms with van der Waals surface area (Å²) in [6, 6.07) is 13.3. The van der Waals surface area contributed by atoms with Crippen molar-refractivity contribution in [1.29, 1.82) is 0 Å². The van der Waals surface area contributed by atoms with Gasteiger partial charge in [0.1, 0.15) is 11.9 Å². The predicted molar refractivity (Wildman–Crippen MR) is 166 cm³/mol. The zero-order valence-corrected chi connectivity index (χ0v) is 25.5. The first-order valence-corrected chi connectivity index (χ1v) is 15.1. The summed E-state index contributed by atoms with van der Waals surface area (Å²) in [7, 11) is 1.98. The summed E-state index contributed by atoms with van der Waals surface area (Å²) in [5.74, 6) is -0.252. The summed E-state index contributed by atoms with van der Waals surface area (Å²) in [6.45, 7) is 6.06. The van der Waals surface area contributed by atoms with Crippen LogP contribution in [-0.2, 0) is 16.6 Å². The van der Waals surface area contributed by atoms with Crippen LogP contribution < -0.4 is 20.7 Å². The first kappa shape index (κ1) is 30.7. The van der Waals surface area contributed by atoms with E-state index >= 15 is 0 Å². The predicted octanol–water partition coefficient (Wildman–Crippen LogP) is 5.72. The second-order valence-electron chi connectivity index (χ2n) is 12.1. The summed E-state index contributed by atoms with van der Waals surface area (Å²) < 4.78 is 55.8. The molecule has 6 rings (SSSR count). The largest absolute Gasteiger partial charge is 0.465 e. The molecule has 1 unspecified atom stereocenters. The van der Waals surface area contributed by atoms with E-state index < -0.39 is 12.3 Å². The molecule has 45 heavy (non-hydrogen) atoms. The second-order valence-corrected chi connectivity index (χ2v) is 12.1. The lowest BCUT2D eigenvalue weighted by Gasteiger charge is -2.39. The number of nitrogen functional groups attached to an aromatic ring is 1. The van der Waals surface area contributed by atoms with E-state index in [2.05, 4.69) is 15.3 Å². The third-order valence-electron chi connectivity index (χ3n) is 9.06. The van der Waals surface area contributed by atoms with Crippen LogP contribution in [0.1, 0.15) is 43.4 Å². The standard InChI is InChI=1S/C33H37F3N6O3/c1-4-44-30(43)25-17-32(19-38-25)11-13-42(14-12-32)27-16-28(40-31(37)39-27)45-29(33(34,35)36)22-7-5-21(6-8-22)23-9-10-26-24(15-23)20(2)18-41(26)3/h5-10,15-16,18,25,29,38H,4,11-14,17,19H2,1-3H3,(H2,37,39,40)/t25?,29-/m1/s1. The third kappa shape index (κ3) is 6.28. The number of rotatable bonds is 7. The number of esters is 1. The highest BCUT2D eigenvalue weighted by Crippen LogP contribution is 2.42. The Bertz CT molecular complexity index is 1700. The molecule has 2 aliphatic heterocycles. The van der Waals surface area contributed by atoms with Gasteiger partial charge >= 0.3 is 12.1 Å². The van der Waals surface area contributed by atoms with Crippen molar-refractivity contribution in [3.8, 4) is 17.0 Å². The first-order chi connectivity index (χ1) is 21.4. The molecule has 12 heteroatoms. The zero-order valence-electron chi connectivity index (χ0n) is 25.5. The Morgan fingerprint density at radius 2 is 1.82 bits per heavy atom. The molecule has 1 spiro atoms. The summed E-state index contributed by atoms with van der Waals surface area (Å²) in [6.07, 6.45) is -2.65. The summed E-state index contributed by atoms with van der Waals surface area (Å²) in [5, 5.41) is 4.38. The van der Waals surface area contributed by atoms with Gasteiger partial charge in [-0.25, -0.2) is 0 Å². The molecule has 0 aliphatic carbocycles. The van der Waals surface area contributed by atoms with Crippen LogP contribution in [0.4, 0.5) is 24.9 Å². The Labute approximate surface area is 259 Å². The molecular formula is C33H37F3N6O3. The number of aryl methyl sites for hydroxylation is 2. The third-order valence-corrected chi connectivity index (χ3v) is 9.06. The number of carbonyl (C=O) groups excluding carboxylic acids is 1. The smallest absolute Gasteiger partial charge is 0.429 e. The lowest BCUT2D eigenvalue weighted by atomic mass is 9.76. The summed E-state index contributed by atoms with van der Waals surface area (Å²) in [5.41, 5.74) is 9.77. The van der Waals surface area contributed by atoms with Crippen LogP contribution in [0.15, 0.2) is 54.7 Å². The molecule has 3 N–H and O–H groups in total. The van der Waals surface area contributed by atoms with Crippen molar-refractivity contribution < 1.29 is 27.4 Å². The monoisotopic (exact) mass is 622 g/mol. The number of nitrogens with one attached hydrogen (secondary N) is 1. The minimum atomic E-state index is -4.70. The van der Waals surface area contributed by atoms with E-state index in [0.717, 1.165) is 40.4 Å². The topological polar surface area (TPSA) is 108 Å².